The van der Waals surface area contributed by atoms with Gasteiger partial charge in [0, 0.05) is 42.8 Å². The minimum Gasteiger partial charge on any atom is -0.391 e. The second-order valence-corrected chi connectivity index (χ2v) is 7.76. The maximum absolute atomic E-state index is 13.0. The molecule has 3 aromatic rings. The Balaban J connectivity index is 1.35. The second kappa shape index (κ2) is 6.50. The molecule has 1 aromatic carbocycles. The molecule has 0 radical (unpaired) electrons. The highest BCUT2D eigenvalue weighted by atomic mass is 16.3. The molecule has 5 heteroatoms. The standard InChI is InChI=1S/C22H23N3O2/c26-21-14-24(22(27)20-6-3-11-25(20)17-7-8-17)13-16(21)12-15-9-10-23-19-5-2-1-4-18(15)19/h1-6,9-11,16-17,21,26H,7-8,12-14H2/t16-,21-/m1/s1. The minimum atomic E-state index is -0.495. The van der Waals surface area contributed by atoms with E-state index in [1.165, 1.54) is 5.56 Å². The lowest BCUT2D eigenvalue weighted by atomic mass is 9.94. The third-order valence-electron chi connectivity index (χ3n) is 5.85. The maximum Gasteiger partial charge on any atom is 0.270 e. The van der Waals surface area contributed by atoms with Crippen molar-refractivity contribution in [3.05, 3.63) is 66.1 Å². The van der Waals surface area contributed by atoms with E-state index in [1.54, 1.807) is 0 Å². The van der Waals surface area contributed by atoms with E-state index >= 15 is 0 Å². The number of nitrogens with zero attached hydrogens (tertiary/aromatic N) is 3. The minimum absolute atomic E-state index is 0.0352. The van der Waals surface area contributed by atoms with Crippen molar-refractivity contribution in [1.29, 1.82) is 0 Å². The summed E-state index contributed by atoms with van der Waals surface area (Å²) in [5, 5.41) is 11.7. The summed E-state index contributed by atoms with van der Waals surface area (Å²) in [5.41, 5.74) is 2.90. The molecule has 1 saturated carbocycles. The number of carbonyl (C=O) groups is 1. The van der Waals surface area contributed by atoms with Crippen molar-refractivity contribution >= 4 is 16.8 Å². The van der Waals surface area contributed by atoms with Crippen LogP contribution in [0.15, 0.2) is 54.9 Å². The number of aliphatic hydroxyl groups excluding tert-OH is 1. The molecular weight excluding hydrogens is 338 g/mol. The molecule has 1 aliphatic heterocycles. The van der Waals surface area contributed by atoms with Crippen LogP contribution in [0, 0.1) is 5.92 Å². The number of β-amino-alcohol motifs (C(OH)–C–C–N with tert-alkyl or cyclic N) is 1. The van der Waals surface area contributed by atoms with E-state index in [4.69, 9.17) is 0 Å². The predicted octanol–water partition coefficient (Wildman–Crippen LogP) is 3.05. The number of hydrogen-bond acceptors (Lipinski definition) is 3. The first-order valence-electron chi connectivity index (χ1n) is 9.67. The van der Waals surface area contributed by atoms with Gasteiger partial charge in [-0.1, -0.05) is 18.2 Å². The molecule has 3 heterocycles. The lowest BCUT2D eigenvalue weighted by Gasteiger charge is -2.18. The van der Waals surface area contributed by atoms with E-state index < -0.39 is 6.10 Å². The van der Waals surface area contributed by atoms with Gasteiger partial charge in [0.2, 0.25) is 0 Å². The lowest BCUT2D eigenvalue weighted by Crippen LogP contribution is -2.31. The zero-order chi connectivity index (χ0) is 18.4. The van der Waals surface area contributed by atoms with Crippen LogP contribution in [0.5, 0.6) is 0 Å². The Hall–Kier alpha value is -2.66. The van der Waals surface area contributed by atoms with Crippen LogP contribution in [-0.4, -0.2) is 44.7 Å². The Morgan fingerprint density at radius 3 is 2.81 bits per heavy atom. The van der Waals surface area contributed by atoms with Crippen LogP contribution in [0.1, 0.15) is 34.9 Å². The third-order valence-corrected chi connectivity index (χ3v) is 5.85. The Bertz CT molecular complexity index is 987. The summed E-state index contributed by atoms with van der Waals surface area (Å²) < 4.78 is 2.10. The number of carbonyl (C=O) groups excluding carboxylic acids is 1. The number of amides is 1. The van der Waals surface area contributed by atoms with Crippen molar-refractivity contribution in [1.82, 2.24) is 14.5 Å². The Morgan fingerprint density at radius 2 is 1.96 bits per heavy atom. The summed E-state index contributed by atoms with van der Waals surface area (Å²) >= 11 is 0. The molecular formula is C22H23N3O2. The Morgan fingerprint density at radius 1 is 1.11 bits per heavy atom. The molecule has 138 valence electrons. The number of likely N-dealkylation sites (tertiary alicyclic amines) is 1. The number of hydrogen-bond donors (Lipinski definition) is 1. The number of pyridine rings is 1. The highest BCUT2D eigenvalue weighted by molar-refractivity contribution is 5.93. The molecule has 1 N–H and O–H groups in total. The van der Waals surface area contributed by atoms with Gasteiger partial charge < -0.3 is 14.6 Å². The van der Waals surface area contributed by atoms with E-state index in [2.05, 4.69) is 15.6 Å². The number of aliphatic hydroxyl groups is 1. The average Bonchev–Trinajstić information content (AvgIpc) is 3.30. The molecule has 5 rings (SSSR count). The van der Waals surface area contributed by atoms with E-state index in [-0.39, 0.29) is 11.8 Å². The maximum atomic E-state index is 13.0. The SMILES string of the molecule is O=C(c1cccn1C1CC1)N1C[C@@H](Cc2ccnc3ccccc23)[C@H](O)C1. The van der Waals surface area contributed by atoms with Crippen LogP contribution in [0.2, 0.25) is 0 Å². The van der Waals surface area contributed by atoms with Gasteiger partial charge in [-0.2, -0.15) is 0 Å². The molecule has 27 heavy (non-hydrogen) atoms. The molecule has 5 nitrogen and oxygen atoms in total. The van der Waals surface area contributed by atoms with Crippen molar-refractivity contribution in [2.75, 3.05) is 13.1 Å². The van der Waals surface area contributed by atoms with Gasteiger partial charge in [0.15, 0.2) is 0 Å². The van der Waals surface area contributed by atoms with E-state index in [9.17, 15) is 9.90 Å². The Labute approximate surface area is 158 Å². The number of aromatic nitrogens is 2. The van der Waals surface area contributed by atoms with Gasteiger partial charge in [0.1, 0.15) is 5.69 Å². The normalized spacial score (nSPS) is 22.5. The second-order valence-electron chi connectivity index (χ2n) is 7.76. The summed E-state index contributed by atoms with van der Waals surface area (Å²) in [4.78, 5) is 19.2. The molecule has 0 bridgehead atoms. The van der Waals surface area contributed by atoms with Crippen LogP contribution in [-0.2, 0) is 6.42 Å². The lowest BCUT2D eigenvalue weighted by molar-refractivity contribution is 0.0754. The predicted molar refractivity (Wildman–Crippen MR) is 104 cm³/mol. The first kappa shape index (κ1) is 16.5. The zero-order valence-electron chi connectivity index (χ0n) is 15.2. The van der Waals surface area contributed by atoms with E-state index in [0.29, 0.717) is 19.1 Å². The monoisotopic (exact) mass is 361 g/mol. The molecule has 1 saturated heterocycles. The molecule has 1 amide bonds. The van der Waals surface area contributed by atoms with Crippen LogP contribution in [0.3, 0.4) is 0 Å². The highest BCUT2D eigenvalue weighted by Gasteiger charge is 2.36. The molecule has 1 aliphatic carbocycles. The third kappa shape index (κ3) is 3.02. The fraction of sp³-hybridized carbons (Fsp3) is 0.364. The topological polar surface area (TPSA) is 58.4 Å². The summed E-state index contributed by atoms with van der Waals surface area (Å²) in [6, 6.07) is 14.4. The molecule has 2 aromatic heterocycles. The first-order chi connectivity index (χ1) is 13.2. The van der Waals surface area contributed by atoms with Crippen molar-refractivity contribution in [2.24, 2.45) is 5.92 Å². The molecule has 2 atom stereocenters. The average molecular weight is 361 g/mol. The van der Waals surface area contributed by atoms with Crippen molar-refractivity contribution < 1.29 is 9.90 Å². The van der Waals surface area contributed by atoms with Gasteiger partial charge in [0.05, 0.1) is 11.6 Å². The van der Waals surface area contributed by atoms with Gasteiger partial charge in [0.25, 0.3) is 5.91 Å². The fourth-order valence-electron chi connectivity index (χ4n) is 4.24. The number of fused-ring (bicyclic) bond motifs is 1. The van der Waals surface area contributed by atoms with Gasteiger partial charge in [-0.05, 0) is 49.1 Å². The molecule has 2 aliphatic rings. The molecule has 0 spiro atoms. The van der Waals surface area contributed by atoms with Crippen LogP contribution in [0.4, 0.5) is 0 Å². The highest BCUT2D eigenvalue weighted by Crippen LogP contribution is 2.36. The summed E-state index contributed by atoms with van der Waals surface area (Å²) in [6.07, 6.45) is 6.37. The number of rotatable bonds is 4. The van der Waals surface area contributed by atoms with E-state index in [0.717, 1.165) is 35.9 Å². The van der Waals surface area contributed by atoms with Gasteiger partial charge >= 0.3 is 0 Å². The number of benzene rings is 1. The smallest absolute Gasteiger partial charge is 0.270 e. The molecule has 0 unspecified atom stereocenters. The summed E-state index contributed by atoms with van der Waals surface area (Å²) in [7, 11) is 0. The van der Waals surface area contributed by atoms with Crippen molar-refractivity contribution in [3.8, 4) is 0 Å². The largest absolute Gasteiger partial charge is 0.391 e. The van der Waals surface area contributed by atoms with Crippen molar-refractivity contribution in [2.45, 2.75) is 31.4 Å². The van der Waals surface area contributed by atoms with Crippen LogP contribution < -0.4 is 0 Å². The zero-order valence-corrected chi connectivity index (χ0v) is 15.2. The summed E-state index contributed by atoms with van der Waals surface area (Å²) in [5.74, 6) is 0.0807. The van der Waals surface area contributed by atoms with Crippen molar-refractivity contribution in [3.63, 3.8) is 0 Å². The first-order valence-corrected chi connectivity index (χ1v) is 9.67. The van der Waals surface area contributed by atoms with Crippen LogP contribution >= 0.6 is 0 Å². The van der Waals surface area contributed by atoms with Gasteiger partial charge in [-0.15, -0.1) is 0 Å². The summed E-state index contributed by atoms with van der Waals surface area (Å²) in [6.45, 7) is 0.995. The van der Waals surface area contributed by atoms with E-state index in [1.807, 2.05) is 53.7 Å². The molecule has 2 fully saturated rings. The fourth-order valence-corrected chi connectivity index (χ4v) is 4.24. The Kier molecular flexibility index (Phi) is 3.97. The van der Waals surface area contributed by atoms with Gasteiger partial charge in [-0.3, -0.25) is 9.78 Å². The quantitative estimate of drug-likeness (QED) is 0.777. The van der Waals surface area contributed by atoms with Gasteiger partial charge in [-0.25, -0.2) is 0 Å². The number of para-hydroxylation sites is 1. The van der Waals surface area contributed by atoms with Crippen LogP contribution in [0.25, 0.3) is 10.9 Å².